The van der Waals surface area contributed by atoms with E-state index in [-0.39, 0.29) is 0 Å². The number of benzene rings is 1. The number of hydrogen-bond donors (Lipinski definition) is 1. The Kier molecular flexibility index (Phi) is 1.83. The van der Waals surface area contributed by atoms with Crippen molar-refractivity contribution >= 4 is 32.9 Å². The minimum absolute atomic E-state index is 0.546. The van der Waals surface area contributed by atoms with Crippen molar-refractivity contribution in [1.82, 2.24) is 9.55 Å². The Bertz CT molecular complexity index is 532. The lowest BCUT2D eigenvalue weighted by Gasteiger charge is -2.04. The third-order valence-corrected chi connectivity index (χ3v) is 3.57. The Hall–Kier alpha value is -1.03. The molecule has 2 N–H and O–H groups in total. The Morgan fingerprint density at radius 1 is 1.53 bits per heavy atom. The number of anilines is 1. The van der Waals surface area contributed by atoms with Gasteiger partial charge in [-0.2, -0.15) is 0 Å². The molecule has 1 aromatic carbocycles. The van der Waals surface area contributed by atoms with E-state index in [1.54, 1.807) is 0 Å². The van der Waals surface area contributed by atoms with Crippen LogP contribution in [0.2, 0.25) is 0 Å². The summed E-state index contributed by atoms with van der Waals surface area (Å²) in [5.74, 6) is 1.36. The van der Waals surface area contributed by atoms with E-state index in [9.17, 15) is 0 Å². The molecule has 4 heteroatoms. The lowest BCUT2D eigenvalue weighted by molar-refractivity contribution is 0.714. The molecule has 3 rings (SSSR count). The van der Waals surface area contributed by atoms with Crippen LogP contribution in [0.3, 0.4) is 0 Å². The number of halogens is 1. The predicted molar refractivity (Wildman–Crippen MR) is 64.7 cm³/mol. The molecule has 0 aliphatic heterocycles. The molecule has 78 valence electrons. The second kappa shape index (κ2) is 2.98. The zero-order valence-electron chi connectivity index (χ0n) is 8.44. The maximum absolute atomic E-state index is 5.94. The topological polar surface area (TPSA) is 43.8 Å². The minimum Gasteiger partial charge on any atom is -0.369 e. The first-order valence-electron chi connectivity index (χ1n) is 5.10. The predicted octanol–water partition coefficient (Wildman–Crippen LogP) is 2.96. The highest BCUT2D eigenvalue weighted by Crippen LogP contribution is 2.45. The molecule has 1 aliphatic rings. The van der Waals surface area contributed by atoms with Crippen LogP contribution >= 0.6 is 15.9 Å². The first-order chi connectivity index (χ1) is 7.16. The van der Waals surface area contributed by atoms with E-state index in [1.165, 1.54) is 6.42 Å². The number of aromatic nitrogens is 2. The van der Waals surface area contributed by atoms with Gasteiger partial charge in [0.05, 0.1) is 11.0 Å². The zero-order valence-corrected chi connectivity index (χ0v) is 10.0. The van der Waals surface area contributed by atoms with Crippen LogP contribution in [0.5, 0.6) is 0 Å². The van der Waals surface area contributed by atoms with Gasteiger partial charge in [-0.1, -0.05) is 22.9 Å². The summed E-state index contributed by atoms with van der Waals surface area (Å²) in [5, 5.41) is 0. The molecule has 0 saturated heterocycles. The molecular weight excluding hydrogens is 254 g/mol. The van der Waals surface area contributed by atoms with Crippen molar-refractivity contribution in [1.29, 1.82) is 0 Å². The third kappa shape index (κ3) is 1.35. The monoisotopic (exact) mass is 265 g/mol. The van der Waals surface area contributed by atoms with Crippen LogP contribution in [0.25, 0.3) is 11.0 Å². The molecule has 2 unspecified atom stereocenters. The summed E-state index contributed by atoms with van der Waals surface area (Å²) in [6.07, 6.45) is 1.21. The molecule has 1 aromatic heterocycles. The largest absolute Gasteiger partial charge is 0.369 e. The number of fused-ring (bicyclic) bond motifs is 1. The van der Waals surface area contributed by atoms with E-state index >= 15 is 0 Å². The van der Waals surface area contributed by atoms with Gasteiger partial charge in [0.2, 0.25) is 5.95 Å². The fourth-order valence-electron chi connectivity index (χ4n) is 2.10. The Morgan fingerprint density at radius 3 is 2.93 bits per heavy atom. The van der Waals surface area contributed by atoms with Crippen LogP contribution in [-0.4, -0.2) is 9.55 Å². The van der Waals surface area contributed by atoms with Crippen LogP contribution < -0.4 is 5.73 Å². The molecule has 15 heavy (non-hydrogen) atoms. The maximum Gasteiger partial charge on any atom is 0.201 e. The van der Waals surface area contributed by atoms with Gasteiger partial charge in [-0.3, -0.25) is 0 Å². The van der Waals surface area contributed by atoms with Crippen molar-refractivity contribution in [2.24, 2.45) is 5.92 Å². The molecule has 1 fully saturated rings. The van der Waals surface area contributed by atoms with Gasteiger partial charge in [-0.25, -0.2) is 4.98 Å². The maximum atomic E-state index is 5.94. The third-order valence-electron chi connectivity index (χ3n) is 3.08. The molecule has 0 bridgehead atoms. The number of hydrogen-bond acceptors (Lipinski definition) is 2. The number of imidazole rings is 1. The molecule has 0 radical (unpaired) electrons. The normalized spacial score (nSPS) is 24.7. The van der Waals surface area contributed by atoms with Crippen LogP contribution in [0, 0.1) is 5.92 Å². The summed E-state index contributed by atoms with van der Waals surface area (Å²) in [4.78, 5) is 4.37. The van der Waals surface area contributed by atoms with Gasteiger partial charge >= 0.3 is 0 Å². The van der Waals surface area contributed by atoms with E-state index in [0.29, 0.717) is 12.0 Å². The first kappa shape index (κ1) is 9.21. The molecule has 0 amide bonds. The van der Waals surface area contributed by atoms with Gasteiger partial charge in [-0.15, -0.1) is 0 Å². The highest BCUT2D eigenvalue weighted by molar-refractivity contribution is 9.10. The molecule has 2 atom stereocenters. The average Bonchev–Trinajstić information content (AvgIpc) is 2.78. The average molecular weight is 266 g/mol. The fourth-order valence-corrected chi connectivity index (χ4v) is 2.44. The first-order valence-corrected chi connectivity index (χ1v) is 5.89. The van der Waals surface area contributed by atoms with Gasteiger partial charge in [0, 0.05) is 10.5 Å². The van der Waals surface area contributed by atoms with E-state index in [2.05, 4.69) is 38.5 Å². The Morgan fingerprint density at radius 2 is 2.27 bits per heavy atom. The number of nitrogens with two attached hydrogens (primary N) is 1. The van der Waals surface area contributed by atoms with Crippen molar-refractivity contribution in [2.45, 2.75) is 19.4 Å². The van der Waals surface area contributed by atoms with Crippen molar-refractivity contribution in [3.05, 3.63) is 22.7 Å². The Balaban J connectivity index is 2.26. The summed E-state index contributed by atoms with van der Waals surface area (Å²) in [7, 11) is 0. The SMILES string of the molecule is CC1CC1n1c(N)nc2ccc(Br)cc21. The van der Waals surface area contributed by atoms with Crippen molar-refractivity contribution < 1.29 is 0 Å². The minimum atomic E-state index is 0.546. The standard InChI is InChI=1S/C11H12BrN3/c1-6-4-9(6)15-10-5-7(12)2-3-8(10)14-11(15)13/h2-3,5-6,9H,4H2,1H3,(H2,13,14). The van der Waals surface area contributed by atoms with Crippen LogP contribution in [0.4, 0.5) is 5.95 Å². The summed E-state index contributed by atoms with van der Waals surface area (Å²) < 4.78 is 3.23. The van der Waals surface area contributed by atoms with E-state index in [0.717, 1.165) is 21.4 Å². The summed E-state index contributed by atoms with van der Waals surface area (Å²) in [6, 6.07) is 6.63. The quantitative estimate of drug-likeness (QED) is 0.862. The summed E-state index contributed by atoms with van der Waals surface area (Å²) in [6.45, 7) is 2.24. The molecule has 2 aromatic rings. The molecule has 1 aliphatic carbocycles. The van der Waals surface area contributed by atoms with Crippen molar-refractivity contribution in [2.75, 3.05) is 5.73 Å². The van der Waals surface area contributed by atoms with Crippen LogP contribution in [0.1, 0.15) is 19.4 Å². The molecular formula is C11H12BrN3. The number of nitrogen functional groups attached to an aromatic ring is 1. The van der Waals surface area contributed by atoms with E-state index < -0.39 is 0 Å². The van der Waals surface area contributed by atoms with Crippen molar-refractivity contribution in [3.8, 4) is 0 Å². The van der Waals surface area contributed by atoms with Crippen LogP contribution in [0.15, 0.2) is 22.7 Å². The zero-order chi connectivity index (χ0) is 10.6. The molecule has 3 nitrogen and oxygen atoms in total. The molecule has 1 heterocycles. The second-order valence-electron chi connectivity index (χ2n) is 4.25. The highest BCUT2D eigenvalue weighted by Gasteiger charge is 2.36. The molecule has 0 spiro atoms. The van der Waals surface area contributed by atoms with E-state index in [4.69, 9.17) is 5.73 Å². The smallest absolute Gasteiger partial charge is 0.201 e. The van der Waals surface area contributed by atoms with Crippen molar-refractivity contribution in [3.63, 3.8) is 0 Å². The van der Waals surface area contributed by atoms with E-state index in [1.807, 2.05) is 12.1 Å². The number of nitrogens with zero attached hydrogens (tertiary/aromatic N) is 2. The van der Waals surface area contributed by atoms with Gasteiger partial charge in [0.25, 0.3) is 0 Å². The van der Waals surface area contributed by atoms with Gasteiger partial charge < -0.3 is 10.3 Å². The Labute approximate surface area is 96.4 Å². The van der Waals surface area contributed by atoms with Gasteiger partial charge in [-0.05, 0) is 30.5 Å². The molecule has 1 saturated carbocycles. The number of rotatable bonds is 1. The second-order valence-corrected chi connectivity index (χ2v) is 5.17. The van der Waals surface area contributed by atoms with Crippen LogP contribution in [-0.2, 0) is 0 Å². The van der Waals surface area contributed by atoms with Gasteiger partial charge in [0.1, 0.15) is 0 Å². The lowest BCUT2D eigenvalue weighted by atomic mass is 10.3. The fraction of sp³-hybridized carbons (Fsp3) is 0.364. The van der Waals surface area contributed by atoms with Gasteiger partial charge in [0.15, 0.2) is 0 Å². The summed E-state index contributed by atoms with van der Waals surface area (Å²) in [5.41, 5.74) is 8.06. The summed E-state index contributed by atoms with van der Waals surface area (Å²) >= 11 is 3.48. The highest BCUT2D eigenvalue weighted by atomic mass is 79.9. The lowest BCUT2D eigenvalue weighted by Crippen LogP contribution is -2.01.